The van der Waals surface area contributed by atoms with Gasteiger partial charge in [-0.2, -0.15) is 0 Å². The number of carbonyl (C=O) groups excluding carboxylic acids is 3. The van der Waals surface area contributed by atoms with Gasteiger partial charge in [-0.3, -0.25) is 19.7 Å². The first-order valence-corrected chi connectivity index (χ1v) is 9.40. The summed E-state index contributed by atoms with van der Waals surface area (Å²) in [6.45, 7) is 1.95. The van der Waals surface area contributed by atoms with Gasteiger partial charge < -0.3 is 4.74 Å². The van der Waals surface area contributed by atoms with Gasteiger partial charge in [-0.1, -0.05) is 24.3 Å². The van der Waals surface area contributed by atoms with Crippen LogP contribution in [-0.4, -0.2) is 30.4 Å². The summed E-state index contributed by atoms with van der Waals surface area (Å²) in [7, 11) is 0. The van der Waals surface area contributed by atoms with Gasteiger partial charge in [0.25, 0.3) is 0 Å². The fourth-order valence-corrected chi connectivity index (χ4v) is 4.65. The second-order valence-electron chi connectivity index (χ2n) is 6.29. The van der Waals surface area contributed by atoms with Crippen LogP contribution in [0, 0.1) is 11.8 Å². The molecule has 3 heterocycles. The quantitative estimate of drug-likeness (QED) is 0.659. The lowest BCUT2D eigenvalue weighted by Crippen LogP contribution is -2.44. The van der Waals surface area contributed by atoms with Crippen LogP contribution in [0.15, 0.2) is 47.8 Å². The zero-order valence-corrected chi connectivity index (χ0v) is 14.9. The Morgan fingerprint density at radius 3 is 2.50 bits per heavy atom. The molecular weight excluding hydrogens is 352 g/mol. The standard InChI is InChI=1S/C19H18N2O4S/c1-2-25-19(24)16-14-13(15(20-16)12-9-6-10-26-12)17(22)21(18(14)23)11-7-4-3-5-8-11/h3-10,13-16,20H,2H2,1H3/t13-,14+,15-,16-/m0/s1. The smallest absolute Gasteiger partial charge is 0.324 e. The van der Waals surface area contributed by atoms with E-state index in [9.17, 15) is 14.4 Å². The Bertz CT molecular complexity index is 836. The number of carbonyl (C=O) groups is 3. The van der Waals surface area contributed by atoms with Gasteiger partial charge in [0.2, 0.25) is 11.8 Å². The van der Waals surface area contributed by atoms with Crippen molar-refractivity contribution in [3.8, 4) is 0 Å². The molecule has 1 N–H and O–H groups in total. The fourth-order valence-electron chi connectivity index (χ4n) is 3.82. The van der Waals surface area contributed by atoms with Gasteiger partial charge in [-0.15, -0.1) is 11.3 Å². The second kappa shape index (κ2) is 6.66. The summed E-state index contributed by atoms with van der Waals surface area (Å²) in [6, 6.07) is 11.4. The highest BCUT2D eigenvalue weighted by Crippen LogP contribution is 2.46. The largest absolute Gasteiger partial charge is 0.465 e. The van der Waals surface area contributed by atoms with Crippen molar-refractivity contribution in [2.75, 3.05) is 11.5 Å². The maximum absolute atomic E-state index is 13.1. The van der Waals surface area contributed by atoms with Gasteiger partial charge in [0.05, 0.1) is 30.2 Å². The summed E-state index contributed by atoms with van der Waals surface area (Å²) < 4.78 is 5.14. The van der Waals surface area contributed by atoms with Crippen LogP contribution in [-0.2, 0) is 19.1 Å². The molecule has 0 bridgehead atoms. The number of ether oxygens (including phenoxy) is 1. The molecule has 2 aromatic rings. The van der Waals surface area contributed by atoms with Crippen molar-refractivity contribution in [3.63, 3.8) is 0 Å². The SMILES string of the molecule is CCOC(=O)[C@H]1N[C@@H](c2cccs2)[C@H]2C(=O)N(c3ccccc3)C(=O)[C@H]21. The minimum atomic E-state index is -0.822. The fraction of sp³-hybridized carbons (Fsp3) is 0.316. The van der Waals surface area contributed by atoms with Crippen LogP contribution < -0.4 is 10.2 Å². The number of nitrogens with one attached hydrogen (secondary N) is 1. The van der Waals surface area contributed by atoms with E-state index in [4.69, 9.17) is 4.74 Å². The Labute approximate surface area is 154 Å². The maximum atomic E-state index is 13.1. The number of fused-ring (bicyclic) bond motifs is 1. The summed E-state index contributed by atoms with van der Waals surface area (Å²) >= 11 is 1.50. The molecule has 4 rings (SSSR count). The average molecular weight is 370 g/mol. The van der Waals surface area contributed by atoms with E-state index in [1.54, 1.807) is 31.2 Å². The van der Waals surface area contributed by atoms with Gasteiger partial charge >= 0.3 is 5.97 Å². The molecule has 2 aliphatic heterocycles. The predicted octanol–water partition coefficient (Wildman–Crippen LogP) is 2.13. The number of esters is 1. The van der Waals surface area contributed by atoms with Crippen LogP contribution in [0.5, 0.6) is 0 Å². The number of imide groups is 1. The van der Waals surface area contributed by atoms with E-state index in [1.165, 1.54) is 16.2 Å². The number of benzene rings is 1. The molecule has 7 heteroatoms. The van der Waals surface area contributed by atoms with E-state index in [1.807, 2.05) is 23.6 Å². The molecule has 1 aromatic carbocycles. The first-order valence-electron chi connectivity index (χ1n) is 8.52. The molecule has 1 aromatic heterocycles. The normalized spacial score (nSPS) is 27.7. The Morgan fingerprint density at radius 2 is 1.85 bits per heavy atom. The molecule has 2 amide bonds. The topological polar surface area (TPSA) is 75.7 Å². The zero-order chi connectivity index (χ0) is 18.3. The zero-order valence-electron chi connectivity index (χ0n) is 14.1. The Kier molecular flexibility index (Phi) is 4.34. The van der Waals surface area contributed by atoms with Crippen LogP contribution in [0.3, 0.4) is 0 Å². The summed E-state index contributed by atoms with van der Waals surface area (Å²) in [6.07, 6.45) is 0. The molecule has 2 aliphatic rings. The number of anilines is 1. The minimum absolute atomic E-state index is 0.225. The maximum Gasteiger partial charge on any atom is 0.324 e. The lowest BCUT2D eigenvalue weighted by atomic mass is 9.89. The summed E-state index contributed by atoms with van der Waals surface area (Å²) in [5.74, 6) is -2.48. The first kappa shape index (κ1) is 16.9. The van der Waals surface area contributed by atoms with Crippen molar-refractivity contribution in [3.05, 3.63) is 52.7 Å². The van der Waals surface area contributed by atoms with Crippen molar-refractivity contribution in [1.29, 1.82) is 0 Å². The lowest BCUT2D eigenvalue weighted by Gasteiger charge is -2.21. The molecule has 134 valence electrons. The molecule has 26 heavy (non-hydrogen) atoms. The van der Waals surface area contributed by atoms with E-state index < -0.39 is 23.8 Å². The molecular formula is C19H18N2O4S. The van der Waals surface area contributed by atoms with Gasteiger partial charge in [0.15, 0.2) is 0 Å². The number of para-hydroxylation sites is 1. The average Bonchev–Trinajstić information content (AvgIpc) is 3.34. The molecule has 2 fully saturated rings. The van der Waals surface area contributed by atoms with Crippen LogP contribution in [0.25, 0.3) is 0 Å². The molecule has 0 saturated carbocycles. The van der Waals surface area contributed by atoms with Crippen LogP contribution in [0.4, 0.5) is 5.69 Å². The van der Waals surface area contributed by atoms with E-state index in [0.29, 0.717) is 5.69 Å². The number of hydrogen-bond acceptors (Lipinski definition) is 6. The van der Waals surface area contributed by atoms with Crippen LogP contribution in [0.1, 0.15) is 17.8 Å². The molecule has 0 radical (unpaired) electrons. The van der Waals surface area contributed by atoms with Gasteiger partial charge in [0, 0.05) is 4.88 Å². The highest BCUT2D eigenvalue weighted by molar-refractivity contribution is 7.10. The Hall–Kier alpha value is -2.51. The third-order valence-electron chi connectivity index (χ3n) is 4.88. The van der Waals surface area contributed by atoms with Crippen molar-refractivity contribution >= 4 is 34.8 Å². The van der Waals surface area contributed by atoms with Gasteiger partial charge in [-0.25, -0.2) is 4.90 Å². The van der Waals surface area contributed by atoms with E-state index in [0.717, 1.165) is 4.88 Å². The Balaban J connectivity index is 1.75. The molecule has 0 spiro atoms. The highest BCUT2D eigenvalue weighted by atomic mass is 32.1. The third kappa shape index (κ3) is 2.55. The number of nitrogens with zero attached hydrogens (tertiary/aromatic N) is 1. The summed E-state index contributed by atoms with van der Waals surface area (Å²) in [5.41, 5.74) is 0.532. The van der Waals surface area contributed by atoms with Crippen molar-refractivity contribution in [2.45, 2.75) is 19.0 Å². The predicted molar refractivity (Wildman–Crippen MR) is 96.5 cm³/mol. The van der Waals surface area contributed by atoms with Gasteiger partial charge in [-0.05, 0) is 30.5 Å². The monoisotopic (exact) mass is 370 g/mol. The number of hydrogen-bond donors (Lipinski definition) is 1. The number of amides is 2. The summed E-state index contributed by atoms with van der Waals surface area (Å²) in [5, 5.41) is 5.10. The Morgan fingerprint density at radius 1 is 1.12 bits per heavy atom. The first-order chi connectivity index (χ1) is 12.6. The highest BCUT2D eigenvalue weighted by Gasteiger charge is 2.61. The third-order valence-corrected chi connectivity index (χ3v) is 5.84. The number of thiophene rings is 1. The minimum Gasteiger partial charge on any atom is -0.465 e. The molecule has 4 atom stereocenters. The van der Waals surface area contributed by atoms with E-state index >= 15 is 0 Å². The molecule has 2 saturated heterocycles. The second-order valence-corrected chi connectivity index (χ2v) is 7.27. The van der Waals surface area contributed by atoms with Gasteiger partial charge in [0.1, 0.15) is 6.04 Å². The van der Waals surface area contributed by atoms with Crippen LogP contribution >= 0.6 is 11.3 Å². The van der Waals surface area contributed by atoms with E-state index in [2.05, 4.69) is 5.32 Å². The summed E-state index contributed by atoms with van der Waals surface area (Å²) in [4.78, 5) is 40.8. The molecule has 0 unspecified atom stereocenters. The van der Waals surface area contributed by atoms with Crippen LogP contribution in [0.2, 0.25) is 0 Å². The van der Waals surface area contributed by atoms with Crippen molar-refractivity contribution in [1.82, 2.24) is 5.32 Å². The van der Waals surface area contributed by atoms with E-state index in [-0.39, 0.29) is 24.5 Å². The molecule has 6 nitrogen and oxygen atoms in total. The van der Waals surface area contributed by atoms with Crippen molar-refractivity contribution in [2.24, 2.45) is 11.8 Å². The number of rotatable bonds is 4. The molecule has 0 aliphatic carbocycles. The lowest BCUT2D eigenvalue weighted by molar-refractivity contribution is -0.148. The van der Waals surface area contributed by atoms with Crippen molar-refractivity contribution < 1.29 is 19.1 Å².